The predicted molar refractivity (Wildman–Crippen MR) is 58.7 cm³/mol. The van der Waals surface area contributed by atoms with Crippen molar-refractivity contribution < 1.29 is 0 Å². The molecule has 0 radical (unpaired) electrons. The molecular weight excluding hydrogens is 186 g/mol. The van der Waals surface area contributed by atoms with Gasteiger partial charge in [0.1, 0.15) is 5.82 Å². The summed E-state index contributed by atoms with van der Waals surface area (Å²) in [5, 5.41) is 0. The molecule has 0 spiro atoms. The van der Waals surface area contributed by atoms with Gasteiger partial charge >= 0.3 is 0 Å². The fraction of sp³-hybridized carbons (Fsp3) is 0.667. The zero-order valence-electron chi connectivity index (χ0n) is 8.95. The molecule has 0 unspecified atom stereocenters. The molecule has 3 rings (SSSR count). The molecule has 0 amide bonds. The minimum atomic E-state index is 0.651. The Morgan fingerprint density at radius 3 is 2.00 bits per heavy atom. The molecule has 3 heteroatoms. The lowest BCUT2D eigenvalue weighted by Crippen LogP contribution is -2.09. The fourth-order valence-corrected chi connectivity index (χ4v) is 1.96. The summed E-state index contributed by atoms with van der Waals surface area (Å²) >= 11 is 0. The SMILES string of the molecule is NCCc1nc(C2CC2)cc(C2CC2)n1. The average Bonchev–Trinajstić information content (AvgIpc) is 3.10. The summed E-state index contributed by atoms with van der Waals surface area (Å²) in [6.45, 7) is 0.651. The molecule has 0 aliphatic heterocycles. The average molecular weight is 203 g/mol. The Kier molecular flexibility index (Phi) is 2.20. The summed E-state index contributed by atoms with van der Waals surface area (Å²) in [6.07, 6.45) is 6.05. The lowest BCUT2D eigenvalue weighted by molar-refractivity contribution is 0.808. The van der Waals surface area contributed by atoms with Gasteiger partial charge in [0.15, 0.2) is 0 Å². The molecule has 0 aromatic carbocycles. The first-order valence-corrected chi connectivity index (χ1v) is 5.94. The zero-order valence-corrected chi connectivity index (χ0v) is 8.95. The van der Waals surface area contributed by atoms with Gasteiger partial charge in [0.25, 0.3) is 0 Å². The van der Waals surface area contributed by atoms with Gasteiger partial charge in [-0.2, -0.15) is 0 Å². The second-order valence-corrected chi connectivity index (χ2v) is 4.72. The highest BCUT2D eigenvalue weighted by Gasteiger charge is 2.30. The first kappa shape index (κ1) is 9.28. The highest BCUT2D eigenvalue weighted by molar-refractivity contribution is 5.24. The fourth-order valence-electron chi connectivity index (χ4n) is 1.96. The van der Waals surface area contributed by atoms with Gasteiger partial charge in [-0.05, 0) is 38.3 Å². The maximum Gasteiger partial charge on any atom is 0.130 e. The standard InChI is InChI=1S/C12H17N3/c13-6-5-12-14-10(8-1-2-8)7-11(15-12)9-3-4-9/h7-9H,1-6,13H2. The third-order valence-corrected chi connectivity index (χ3v) is 3.17. The van der Waals surface area contributed by atoms with E-state index in [4.69, 9.17) is 5.73 Å². The number of nitrogens with zero attached hydrogens (tertiary/aromatic N) is 2. The molecule has 0 atom stereocenters. The Balaban J connectivity index is 1.92. The highest BCUT2D eigenvalue weighted by atomic mass is 14.9. The van der Waals surface area contributed by atoms with Gasteiger partial charge in [0.2, 0.25) is 0 Å². The number of hydrogen-bond acceptors (Lipinski definition) is 3. The summed E-state index contributed by atoms with van der Waals surface area (Å²) in [5.41, 5.74) is 8.11. The van der Waals surface area contributed by atoms with Gasteiger partial charge < -0.3 is 5.73 Å². The minimum absolute atomic E-state index is 0.651. The Morgan fingerprint density at radius 1 is 1.07 bits per heavy atom. The summed E-state index contributed by atoms with van der Waals surface area (Å²) in [6, 6.07) is 2.23. The molecule has 0 saturated heterocycles. The molecule has 2 aliphatic rings. The van der Waals surface area contributed by atoms with Crippen molar-refractivity contribution in [3.63, 3.8) is 0 Å². The van der Waals surface area contributed by atoms with Crippen LogP contribution in [0.25, 0.3) is 0 Å². The van der Waals surface area contributed by atoms with Crippen molar-refractivity contribution in [3.05, 3.63) is 23.3 Å². The van der Waals surface area contributed by atoms with Gasteiger partial charge in [0.05, 0.1) is 0 Å². The molecule has 2 aliphatic carbocycles. The van der Waals surface area contributed by atoms with Gasteiger partial charge in [-0.15, -0.1) is 0 Å². The molecule has 15 heavy (non-hydrogen) atoms. The third kappa shape index (κ3) is 2.02. The summed E-state index contributed by atoms with van der Waals surface area (Å²) < 4.78 is 0. The van der Waals surface area contributed by atoms with E-state index in [1.54, 1.807) is 0 Å². The summed E-state index contributed by atoms with van der Waals surface area (Å²) in [5.74, 6) is 2.41. The molecule has 0 bridgehead atoms. The first-order chi connectivity index (χ1) is 7.36. The smallest absolute Gasteiger partial charge is 0.130 e. The summed E-state index contributed by atoms with van der Waals surface area (Å²) in [7, 11) is 0. The molecule has 1 aromatic rings. The van der Waals surface area contributed by atoms with Gasteiger partial charge in [-0.1, -0.05) is 0 Å². The van der Waals surface area contributed by atoms with Crippen LogP contribution in [-0.2, 0) is 6.42 Å². The van der Waals surface area contributed by atoms with Crippen LogP contribution in [0.2, 0.25) is 0 Å². The van der Waals surface area contributed by atoms with Crippen LogP contribution in [0, 0.1) is 0 Å². The van der Waals surface area contributed by atoms with Crippen LogP contribution in [0.1, 0.15) is 54.7 Å². The van der Waals surface area contributed by atoms with Crippen LogP contribution in [0.15, 0.2) is 6.07 Å². The van der Waals surface area contributed by atoms with E-state index in [9.17, 15) is 0 Å². The minimum Gasteiger partial charge on any atom is -0.330 e. The first-order valence-electron chi connectivity index (χ1n) is 5.94. The van der Waals surface area contributed by atoms with Gasteiger partial charge in [0, 0.05) is 29.6 Å². The number of nitrogens with two attached hydrogens (primary N) is 1. The molecule has 3 nitrogen and oxygen atoms in total. The maximum atomic E-state index is 5.56. The predicted octanol–water partition coefficient (Wildman–Crippen LogP) is 1.73. The Labute approximate surface area is 90.1 Å². The molecular formula is C12H17N3. The van der Waals surface area contributed by atoms with Crippen molar-refractivity contribution in [1.82, 2.24) is 9.97 Å². The van der Waals surface area contributed by atoms with Crippen LogP contribution < -0.4 is 5.73 Å². The van der Waals surface area contributed by atoms with Crippen LogP contribution in [0.4, 0.5) is 0 Å². The topological polar surface area (TPSA) is 51.8 Å². The van der Waals surface area contributed by atoms with E-state index in [0.29, 0.717) is 6.54 Å². The monoisotopic (exact) mass is 203 g/mol. The second-order valence-electron chi connectivity index (χ2n) is 4.72. The Morgan fingerprint density at radius 2 is 1.60 bits per heavy atom. The van der Waals surface area contributed by atoms with Crippen molar-refractivity contribution in [2.45, 2.75) is 43.9 Å². The lowest BCUT2D eigenvalue weighted by Gasteiger charge is -2.05. The Bertz CT molecular complexity index is 337. The molecule has 80 valence electrons. The van der Waals surface area contributed by atoms with E-state index in [2.05, 4.69) is 16.0 Å². The van der Waals surface area contributed by atoms with Crippen LogP contribution >= 0.6 is 0 Å². The molecule has 2 saturated carbocycles. The molecule has 1 aromatic heterocycles. The third-order valence-electron chi connectivity index (χ3n) is 3.17. The van der Waals surface area contributed by atoms with Crippen molar-refractivity contribution in [2.24, 2.45) is 5.73 Å². The number of aromatic nitrogens is 2. The van der Waals surface area contributed by atoms with Crippen molar-refractivity contribution in [1.29, 1.82) is 0 Å². The number of hydrogen-bond donors (Lipinski definition) is 1. The number of rotatable bonds is 4. The van der Waals surface area contributed by atoms with Crippen molar-refractivity contribution in [2.75, 3.05) is 6.54 Å². The van der Waals surface area contributed by atoms with Crippen LogP contribution in [-0.4, -0.2) is 16.5 Å². The van der Waals surface area contributed by atoms with E-state index >= 15 is 0 Å². The second kappa shape index (κ2) is 3.56. The van der Waals surface area contributed by atoms with E-state index in [1.807, 2.05) is 0 Å². The normalized spacial score (nSPS) is 20.6. The van der Waals surface area contributed by atoms with Crippen LogP contribution in [0.5, 0.6) is 0 Å². The Hall–Kier alpha value is -0.960. The molecule has 2 fully saturated rings. The lowest BCUT2D eigenvalue weighted by atomic mass is 10.2. The highest BCUT2D eigenvalue weighted by Crippen LogP contribution is 2.43. The van der Waals surface area contributed by atoms with Crippen LogP contribution in [0.3, 0.4) is 0 Å². The van der Waals surface area contributed by atoms with Gasteiger partial charge in [-0.3, -0.25) is 0 Å². The van der Waals surface area contributed by atoms with Crippen molar-refractivity contribution >= 4 is 0 Å². The zero-order chi connectivity index (χ0) is 10.3. The summed E-state index contributed by atoms with van der Waals surface area (Å²) in [4.78, 5) is 9.21. The van der Waals surface area contributed by atoms with E-state index in [0.717, 1.165) is 24.1 Å². The van der Waals surface area contributed by atoms with E-state index in [-0.39, 0.29) is 0 Å². The van der Waals surface area contributed by atoms with Crippen molar-refractivity contribution in [3.8, 4) is 0 Å². The molecule has 1 heterocycles. The van der Waals surface area contributed by atoms with Gasteiger partial charge in [-0.25, -0.2) is 9.97 Å². The quantitative estimate of drug-likeness (QED) is 0.810. The largest absolute Gasteiger partial charge is 0.330 e. The van der Waals surface area contributed by atoms with E-state index < -0.39 is 0 Å². The maximum absolute atomic E-state index is 5.56. The van der Waals surface area contributed by atoms with E-state index in [1.165, 1.54) is 37.1 Å². The molecule has 2 N–H and O–H groups in total.